The van der Waals surface area contributed by atoms with Gasteiger partial charge >= 0.3 is 0 Å². The lowest BCUT2D eigenvalue weighted by atomic mass is 9.93. The van der Waals surface area contributed by atoms with Gasteiger partial charge < -0.3 is 15.2 Å². The Labute approximate surface area is 123 Å². The molecule has 1 amide bonds. The van der Waals surface area contributed by atoms with Crippen molar-refractivity contribution in [1.29, 1.82) is 0 Å². The molecule has 5 heteroatoms. The van der Waals surface area contributed by atoms with E-state index in [9.17, 15) is 4.79 Å². The average Bonchev–Trinajstić information content (AvgIpc) is 2.94. The molecule has 0 atom stereocenters. The fourth-order valence-corrected chi connectivity index (χ4v) is 2.75. The van der Waals surface area contributed by atoms with Crippen LogP contribution in [0.4, 0.5) is 5.88 Å². The van der Waals surface area contributed by atoms with E-state index in [1.54, 1.807) is 6.07 Å². The van der Waals surface area contributed by atoms with Crippen LogP contribution >= 0.6 is 0 Å². The summed E-state index contributed by atoms with van der Waals surface area (Å²) in [6, 6.07) is 9.50. The number of anilines is 1. The minimum atomic E-state index is 0.105. The molecule has 0 saturated carbocycles. The maximum atomic E-state index is 12.4. The van der Waals surface area contributed by atoms with Gasteiger partial charge in [0.25, 0.3) is 5.91 Å². The number of nitrogen functional groups attached to an aromatic ring is 1. The van der Waals surface area contributed by atoms with Gasteiger partial charge in [0.2, 0.25) is 5.88 Å². The lowest BCUT2D eigenvalue weighted by Crippen LogP contribution is -2.37. The molecule has 2 N–H and O–H groups in total. The number of amides is 1. The Morgan fingerprint density at radius 1 is 1.29 bits per heavy atom. The van der Waals surface area contributed by atoms with E-state index >= 15 is 0 Å². The number of nitrogens with two attached hydrogens (primary N) is 1. The van der Waals surface area contributed by atoms with E-state index in [4.69, 9.17) is 10.3 Å². The van der Waals surface area contributed by atoms with Crippen LogP contribution in [0.2, 0.25) is 0 Å². The van der Waals surface area contributed by atoms with Gasteiger partial charge in [0.05, 0.1) is 5.69 Å². The average molecular weight is 285 g/mol. The third-order valence-corrected chi connectivity index (χ3v) is 4.05. The Morgan fingerprint density at radius 2 is 1.95 bits per heavy atom. The van der Waals surface area contributed by atoms with Gasteiger partial charge in [0.15, 0.2) is 0 Å². The van der Waals surface area contributed by atoms with Crippen LogP contribution in [-0.4, -0.2) is 29.1 Å². The predicted octanol–water partition coefficient (Wildman–Crippen LogP) is 2.59. The van der Waals surface area contributed by atoms with Crippen molar-refractivity contribution in [3.63, 3.8) is 0 Å². The molecular weight excluding hydrogens is 266 g/mol. The van der Waals surface area contributed by atoms with E-state index in [0.29, 0.717) is 11.8 Å². The molecule has 5 nitrogen and oxygen atoms in total. The van der Waals surface area contributed by atoms with E-state index in [2.05, 4.69) is 5.16 Å². The topological polar surface area (TPSA) is 72.4 Å². The van der Waals surface area contributed by atoms with E-state index in [1.807, 2.05) is 36.1 Å². The number of hydrogen-bond acceptors (Lipinski definition) is 4. The Bertz CT molecular complexity index is 625. The summed E-state index contributed by atoms with van der Waals surface area (Å²) in [6.07, 6.45) is 1.78. The number of nitrogens with zero attached hydrogens (tertiary/aromatic N) is 2. The number of carbonyl (C=O) groups is 1. The van der Waals surface area contributed by atoms with E-state index in [-0.39, 0.29) is 5.91 Å². The SMILES string of the molecule is Cc1ccc(C(=O)N2CCC(c3cc(N)on3)CC2)cc1. The van der Waals surface area contributed by atoms with Crippen molar-refractivity contribution in [2.24, 2.45) is 0 Å². The normalized spacial score (nSPS) is 16.1. The first-order valence-electron chi connectivity index (χ1n) is 7.21. The lowest BCUT2D eigenvalue weighted by Gasteiger charge is -2.31. The summed E-state index contributed by atoms with van der Waals surface area (Å²) in [5.74, 6) is 0.782. The number of piperidine rings is 1. The first-order valence-corrected chi connectivity index (χ1v) is 7.21. The third-order valence-electron chi connectivity index (χ3n) is 4.05. The second-order valence-corrected chi connectivity index (χ2v) is 5.59. The number of hydrogen-bond donors (Lipinski definition) is 1. The zero-order valence-corrected chi connectivity index (χ0v) is 12.1. The number of rotatable bonds is 2. The van der Waals surface area contributed by atoms with E-state index in [1.165, 1.54) is 0 Å². The van der Waals surface area contributed by atoms with Gasteiger partial charge in [0, 0.05) is 30.6 Å². The Kier molecular flexibility index (Phi) is 3.64. The van der Waals surface area contributed by atoms with Crippen molar-refractivity contribution in [1.82, 2.24) is 10.1 Å². The van der Waals surface area contributed by atoms with Gasteiger partial charge in [-0.15, -0.1) is 0 Å². The minimum absolute atomic E-state index is 0.105. The minimum Gasteiger partial charge on any atom is -0.368 e. The summed E-state index contributed by atoms with van der Waals surface area (Å²) >= 11 is 0. The summed E-state index contributed by atoms with van der Waals surface area (Å²) in [6.45, 7) is 3.50. The largest absolute Gasteiger partial charge is 0.368 e. The van der Waals surface area contributed by atoms with Gasteiger partial charge in [-0.1, -0.05) is 22.9 Å². The standard InChI is InChI=1S/C16H19N3O2/c1-11-2-4-13(5-3-11)16(20)19-8-6-12(7-9-19)14-10-15(17)21-18-14/h2-5,10,12H,6-9,17H2,1H3. The predicted molar refractivity (Wildman–Crippen MR) is 80.0 cm³/mol. The Hall–Kier alpha value is -2.30. The molecule has 1 saturated heterocycles. The van der Waals surface area contributed by atoms with Crippen molar-refractivity contribution in [3.05, 3.63) is 47.2 Å². The molecule has 1 fully saturated rings. The lowest BCUT2D eigenvalue weighted by molar-refractivity contribution is 0.0711. The molecule has 110 valence electrons. The monoisotopic (exact) mass is 285 g/mol. The summed E-state index contributed by atoms with van der Waals surface area (Å²) < 4.78 is 4.92. The smallest absolute Gasteiger partial charge is 0.253 e. The molecule has 0 radical (unpaired) electrons. The van der Waals surface area contributed by atoms with Crippen molar-refractivity contribution in [3.8, 4) is 0 Å². The molecule has 2 heterocycles. The zero-order chi connectivity index (χ0) is 14.8. The van der Waals surface area contributed by atoms with Crippen LogP contribution in [0.5, 0.6) is 0 Å². The maximum absolute atomic E-state index is 12.4. The van der Waals surface area contributed by atoms with Crippen molar-refractivity contribution < 1.29 is 9.32 Å². The second kappa shape index (κ2) is 5.60. The highest BCUT2D eigenvalue weighted by molar-refractivity contribution is 5.94. The Balaban J connectivity index is 1.63. The zero-order valence-electron chi connectivity index (χ0n) is 12.1. The van der Waals surface area contributed by atoms with E-state index < -0.39 is 0 Å². The molecule has 21 heavy (non-hydrogen) atoms. The molecule has 0 unspecified atom stereocenters. The van der Waals surface area contributed by atoms with Crippen LogP contribution < -0.4 is 5.73 Å². The van der Waals surface area contributed by atoms with Crippen LogP contribution in [0.1, 0.15) is 40.4 Å². The van der Waals surface area contributed by atoms with Gasteiger partial charge in [-0.05, 0) is 31.9 Å². The first kappa shape index (κ1) is 13.7. The van der Waals surface area contributed by atoms with Gasteiger partial charge in [-0.2, -0.15) is 0 Å². The van der Waals surface area contributed by atoms with Crippen LogP contribution in [0.25, 0.3) is 0 Å². The molecule has 1 aliphatic rings. The highest BCUT2D eigenvalue weighted by Crippen LogP contribution is 2.28. The summed E-state index contributed by atoms with van der Waals surface area (Å²) in [5, 5.41) is 3.97. The molecule has 1 aromatic carbocycles. The molecule has 1 aliphatic heterocycles. The van der Waals surface area contributed by atoms with Crippen molar-refractivity contribution >= 4 is 11.8 Å². The van der Waals surface area contributed by atoms with Crippen LogP contribution in [0.15, 0.2) is 34.9 Å². The number of aromatic nitrogens is 1. The van der Waals surface area contributed by atoms with Crippen LogP contribution in [-0.2, 0) is 0 Å². The molecule has 2 aromatic rings. The molecule has 0 spiro atoms. The van der Waals surface area contributed by atoms with Crippen molar-refractivity contribution in [2.45, 2.75) is 25.7 Å². The molecule has 0 aliphatic carbocycles. The molecule has 0 bridgehead atoms. The summed E-state index contributed by atoms with van der Waals surface area (Å²) in [5.41, 5.74) is 8.37. The van der Waals surface area contributed by atoms with Crippen molar-refractivity contribution in [2.75, 3.05) is 18.8 Å². The van der Waals surface area contributed by atoms with Gasteiger partial charge in [-0.3, -0.25) is 4.79 Å². The highest BCUT2D eigenvalue weighted by atomic mass is 16.5. The quantitative estimate of drug-likeness (QED) is 0.920. The number of aryl methyl sites for hydroxylation is 1. The third kappa shape index (κ3) is 2.91. The fraction of sp³-hybridized carbons (Fsp3) is 0.375. The van der Waals surface area contributed by atoms with Gasteiger partial charge in [-0.25, -0.2) is 0 Å². The number of benzene rings is 1. The maximum Gasteiger partial charge on any atom is 0.253 e. The molecular formula is C16H19N3O2. The second-order valence-electron chi connectivity index (χ2n) is 5.59. The first-order chi connectivity index (χ1) is 10.1. The van der Waals surface area contributed by atoms with Crippen LogP contribution in [0, 0.1) is 6.92 Å². The Morgan fingerprint density at radius 3 is 2.52 bits per heavy atom. The summed E-state index contributed by atoms with van der Waals surface area (Å²) in [7, 11) is 0. The van der Waals surface area contributed by atoms with Crippen LogP contribution in [0.3, 0.4) is 0 Å². The fourth-order valence-electron chi connectivity index (χ4n) is 2.75. The highest BCUT2D eigenvalue weighted by Gasteiger charge is 2.26. The number of carbonyl (C=O) groups excluding carboxylic acids is 1. The van der Waals surface area contributed by atoms with E-state index in [0.717, 1.165) is 42.8 Å². The summed E-state index contributed by atoms with van der Waals surface area (Å²) in [4.78, 5) is 14.3. The number of likely N-dealkylation sites (tertiary alicyclic amines) is 1. The van der Waals surface area contributed by atoms with Gasteiger partial charge in [0.1, 0.15) is 0 Å². The molecule has 3 rings (SSSR count). The molecule has 1 aromatic heterocycles.